The third kappa shape index (κ3) is 3.24. The van der Waals surface area contributed by atoms with E-state index in [0.717, 1.165) is 19.6 Å². The minimum atomic E-state index is -2.69. The van der Waals surface area contributed by atoms with Gasteiger partial charge in [-0.1, -0.05) is 53.7 Å². The average Bonchev–Trinajstić information content (AvgIpc) is 3.08. The molecule has 134 valence electrons. The molecule has 1 aliphatic rings. The summed E-state index contributed by atoms with van der Waals surface area (Å²) in [6, 6.07) is 16.7. The summed E-state index contributed by atoms with van der Waals surface area (Å²) in [5.74, 6) is -0.187. The topological polar surface area (TPSA) is 42.2 Å². The molecule has 0 amide bonds. The van der Waals surface area contributed by atoms with Gasteiger partial charge < -0.3 is 4.52 Å². The van der Waals surface area contributed by atoms with Crippen LogP contribution in [0.4, 0.5) is 8.78 Å². The van der Waals surface area contributed by atoms with Crippen LogP contribution in [0, 0.1) is 6.92 Å². The SMILES string of the molecule is Cc1ccccc1-c1ccccc1CN1CC(c2nc(C(F)F)no2)C1. The molecule has 0 radical (unpaired) electrons. The highest BCUT2D eigenvalue weighted by Crippen LogP contribution is 2.32. The Labute approximate surface area is 150 Å². The van der Waals surface area contributed by atoms with Crippen LogP contribution >= 0.6 is 0 Å². The Morgan fingerprint density at radius 1 is 1.08 bits per heavy atom. The van der Waals surface area contributed by atoms with Crippen molar-refractivity contribution in [2.24, 2.45) is 0 Å². The second kappa shape index (κ2) is 6.96. The fourth-order valence-corrected chi connectivity index (χ4v) is 3.39. The van der Waals surface area contributed by atoms with Crippen LogP contribution < -0.4 is 0 Å². The second-order valence-electron chi connectivity index (χ2n) is 6.65. The van der Waals surface area contributed by atoms with Crippen molar-refractivity contribution in [3.63, 3.8) is 0 Å². The van der Waals surface area contributed by atoms with Crippen molar-refractivity contribution in [2.45, 2.75) is 25.8 Å². The van der Waals surface area contributed by atoms with Crippen molar-refractivity contribution < 1.29 is 13.3 Å². The quantitative estimate of drug-likeness (QED) is 0.672. The van der Waals surface area contributed by atoms with Crippen molar-refractivity contribution in [2.75, 3.05) is 13.1 Å². The summed E-state index contributed by atoms with van der Waals surface area (Å²) in [7, 11) is 0. The molecule has 1 fully saturated rings. The summed E-state index contributed by atoms with van der Waals surface area (Å²) in [5.41, 5.74) is 4.95. The first-order chi connectivity index (χ1) is 12.6. The number of hydrogen-bond acceptors (Lipinski definition) is 4. The maximum absolute atomic E-state index is 12.6. The van der Waals surface area contributed by atoms with Crippen molar-refractivity contribution in [3.05, 3.63) is 71.4 Å². The lowest BCUT2D eigenvalue weighted by atomic mass is 9.93. The molecule has 1 aromatic heterocycles. The minimum Gasteiger partial charge on any atom is -0.339 e. The van der Waals surface area contributed by atoms with Gasteiger partial charge in [-0.05, 0) is 29.2 Å². The molecule has 0 saturated carbocycles. The summed E-state index contributed by atoms with van der Waals surface area (Å²) in [4.78, 5) is 6.05. The van der Waals surface area contributed by atoms with Gasteiger partial charge in [0.15, 0.2) is 0 Å². The number of alkyl halides is 2. The highest BCUT2D eigenvalue weighted by atomic mass is 19.3. The van der Waals surface area contributed by atoms with Gasteiger partial charge in [0.05, 0.1) is 5.92 Å². The molecule has 0 N–H and O–H groups in total. The third-order valence-electron chi connectivity index (χ3n) is 4.81. The number of rotatable bonds is 5. The number of halogens is 2. The molecule has 2 aromatic carbocycles. The van der Waals surface area contributed by atoms with Gasteiger partial charge in [0.2, 0.25) is 11.7 Å². The van der Waals surface area contributed by atoms with Crippen molar-refractivity contribution in [3.8, 4) is 11.1 Å². The fraction of sp³-hybridized carbons (Fsp3) is 0.300. The van der Waals surface area contributed by atoms with E-state index >= 15 is 0 Å². The normalized spacial score (nSPS) is 15.4. The van der Waals surface area contributed by atoms with Crippen molar-refractivity contribution >= 4 is 0 Å². The van der Waals surface area contributed by atoms with Crippen LogP contribution in [0.3, 0.4) is 0 Å². The number of nitrogens with zero attached hydrogens (tertiary/aromatic N) is 3. The predicted molar refractivity (Wildman–Crippen MR) is 93.9 cm³/mol. The summed E-state index contributed by atoms with van der Waals surface area (Å²) < 4.78 is 30.1. The average molecular weight is 355 g/mol. The van der Waals surface area contributed by atoms with Crippen LogP contribution in [-0.2, 0) is 6.54 Å². The van der Waals surface area contributed by atoms with Crippen LogP contribution in [0.5, 0.6) is 0 Å². The van der Waals surface area contributed by atoms with E-state index in [4.69, 9.17) is 4.52 Å². The lowest BCUT2D eigenvalue weighted by Gasteiger charge is -2.37. The van der Waals surface area contributed by atoms with E-state index in [9.17, 15) is 8.78 Å². The lowest BCUT2D eigenvalue weighted by molar-refractivity contribution is 0.117. The highest BCUT2D eigenvalue weighted by Gasteiger charge is 2.33. The predicted octanol–water partition coefficient (Wildman–Crippen LogP) is 4.58. The molecule has 0 aliphatic carbocycles. The zero-order valence-electron chi connectivity index (χ0n) is 14.4. The summed E-state index contributed by atoms with van der Waals surface area (Å²) >= 11 is 0. The number of benzene rings is 2. The maximum atomic E-state index is 12.6. The van der Waals surface area contributed by atoms with E-state index < -0.39 is 12.2 Å². The molecule has 0 unspecified atom stereocenters. The smallest absolute Gasteiger partial charge is 0.300 e. The molecule has 1 aliphatic heterocycles. The van der Waals surface area contributed by atoms with E-state index in [2.05, 4.69) is 58.4 Å². The molecule has 2 heterocycles. The van der Waals surface area contributed by atoms with Gasteiger partial charge in [-0.25, -0.2) is 8.78 Å². The van der Waals surface area contributed by atoms with Crippen LogP contribution in [0.2, 0.25) is 0 Å². The molecule has 3 aromatic rings. The van der Waals surface area contributed by atoms with Gasteiger partial charge in [0.25, 0.3) is 0 Å². The first-order valence-electron chi connectivity index (χ1n) is 8.59. The number of hydrogen-bond donors (Lipinski definition) is 0. The molecular weight excluding hydrogens is 336 g/mol. The summed E-state index contributed by atoms with van der Waals surface area (Å²) in [6.45, 7) is 4.37. The Bertz CT molecular complexity index is 903. The molecule has 6 heteroatoms. The third-order valence-corrected chi connectivity index (χ3v) is 4.81. The van der Waals surface area contributed by atoms with E-state index in [1.165, 1.54) is 22.3 Å². The van der Waals surface area contributed by atoms with Gasteiger partial charge in [0.1, 0.15) is 0 Å². The van der Waals surface area contributed by atoms with Gasteiger partial charge in [-0.2, -0.15) is 4.98 Å². The minimum absolute atomic E-state index is 0.0284. The fourth-order valence-electron chi connectivity index (χ4n) is 3.39. The Morgan fingerprint density at radius 3 is 2.46 bits per heavy atom. The molecular formula is C20H19F2N3O. The van der Waals surface area contributed by atoms with Crippen LogP contribution in [-0.4, -0.2) is 28.1 Å². The molecule has 0 bridgehead atoms. The standard InChI is InChI=1S/C20H19F2N3O/c1-13-6-2-4-8-16(13)17-9-5-3-7-14(17)10-25-11-15(12-25)20-23-19(18(21)22)24-26-20/h2-9,15,18H,10-12H2,1H3. The number of aromatic nitrogens is 2. The zero-order chi connectivity index (χ0) is 18.1. The van der Waals surface area contributed by atoms with Crippen molar-refractivity contribution in [1.82, 2.24) is 15.0 Å². The Balaban J connectivity index is 1.46. The van der Waals surface area contributed by atoms with Crippen LogP contribution in [0.1, 0.15) is 35.2 Å². The Morgan fingerprint density at radius 2 is 1.77 bits per heavy atom. The maximum Gasteiger partial charge on any atom is 0.300 e. The van der Waals surface area contributed by atoms with E-state index in [0.29, 0.717) is 5.89 Å². The molecule has 1 saturated heterocycles. The molecule has 0 atom stereocenters. The molecule has 4 rings (SSSR count). The van der Waals surface area contributed by atoms with Crippen LogP contribution in [0.15, 0.2) is 53.1 Å². The monoisotopic (exact) mass is 355 g/mol. The van der Waals surface area contributed by atoms with E-state index in [1.54, 1.807) is 0 Å². The largest absolute Gasteiger partial charge is 0.339 e. The van der Waals surface area contributed by atoms with Gasteiger partial charge >= 0.3 is 6.43 Å². The lowest BCUT2D eigenvalue weighted by Crippen LogP contribution is -2.44. The summed E-state index contributed by atoms with van der Waals surface area (Å²) in [6.07, 6.45) is -2.69. The van der Waals surface area contributed by atoms with Gasteiger partial charge in [-0.3, -0.25) is 4.90 Å². The van der Waals surface area contributed by atoms with Crippen molar-refractivity contribution in [1.29, 1.82) is 0 Å². The Kier molecular flexibility index (Phi) is 4.51. The first-order valence-corrected chi connectivity index (χ1v) is 8.59. The molecule has 0 spiro atoms. The van der Waals surface area contributed by atoms with E-state index in [-0.39, 0.29) is 5.92 Å². The summed E-state index contributed by atoms with van der Waals surface area (Å²) in [5, 5.41) is 3.34. The van der Waals surface area contributed by atoms with Crippen LogP contribution in [0.25, 0.3) is 11.1 Å². The van der Waals surface area contributed by atoms with Gasteiger partial charge in [0, 0.05) is 19.6 Å². The number of aryl methyl sites for hydroxylation is 1. The first kappa shape index (κ1) is 16.8. The van der Waals surface area contributed by atoms with Gasteiger partial charge in [-0.15, -0.1) is 0 Å². The molecule has 26 heavy (non-hydrogen) atoms. The number of likely N-dealkylation sites (tertiary alicyclic amines) is 1. The Hall–Kier alpha value is -2.60. The zero-order valence-corrected chi connectivity index (χ0v) is 14.4. The van der Waals surface area contributed by atoms with E-state index in [1.807, 2.05) is 12.1 Å². The molecule has 4 nitrogen and oxygen atoms in total. The highest BCUT2D eigenvalue weighted by molar-refractivity contribution is 5.70. The second-order valence-corrected chi connectivity index (χ2v) is 6.65.